The minimum absolute atomic E-state index is 0.703. The molecule has 0 aliphatic carbocycles. The second-order valence-corrected chi connectivity index (χ2v) is 10.6. The van der Waals surface area contributed by atoms with Crippen LogP contribution in [0.5, 0.6) is 0 Å². The molecule has 0 fully saturated rings. The summed E-state index contributed by atoms with van der Waals surface area (Å²) in [5, 5.41) is 6.67. The fourth-order valence-electron chi connectivity index (χ4n) is 4.52. The quantitative estimate of drug-likeness (QED) is 0.168. The van der Waals surface area contributed by atoms with Crippen LogP contribution in [0.3, 0.4) is 0 Å². The van der Waals surface area contributed by atoms with Crippen LogP contribution in [-0.2, 0) is 0 Å². The van der Waals surface area contributed by atoms with Crippen molar-refractivity contribution in [1.82, 2.24) is 19.9 Å². The van der Waals surface area contributed by atoms with E-state index in [0.717, 1.165) is 84.1 Å². The third-order valence-corrected chi connectivity index (χ3v) is 7.81. The summed E-state index contributed by atoms with van der Waals surface area (Å²) in [6, 6.07) is 12.6. The summed E-state index contributed by atoms with van der Waals surface area (Å²) in [6.07, 6.45) is 9.32. The largest absolute Gasteiger partial charge is 0.388 e. The number of aromatic nitrogens is 4. The maximum Gasteiger partial charge on any atom is 0.138 e. The normalized spacial score (nSPS) is 10.9. The molecular weight excluding hydrogens is 500 g/mol. The molecule has 0 saturated carbocycles. The number of hydrogen-bond acceptors (Lipinski definition) is 6. The summed E-state index contributed by atoms with van der Waals surface area (Å²) < 4.78 is 0. The summed E-state index contributed by atoms with van der Waals surface area (Å²) >= 11 is 1.69. The zero-order valence-corrected chi connectivity index (χ0v) is 23.4. The van der Waals surface area contributed by atoms with E-state index >= 15 is 0 Å². The predicted octanol–water partition coefficient (Wildman–Crippen LogP) is 8.61. The van der Waals surface area contributed by atoms with Crippen LogP contribution in [0, 0.1) is 0 Å². The van der Waals surface area contributed by atoms with Gasteiger partial charge in [-0.2, -0.15) is 0 Å². The number of nitrogens with zero attached hydrogens (tertiary/aromatic N) is 3. The molecule has 3 N–H and O–H groups in total. The van der Waals surface area contributed by atoms with Gasteiger partial charge in [0.1, 0.15) is 11.3 Å². The van der Waals surface area contributed by atoms with Crippen molar-refractivity contribution in [2.45, 2.75) is 26.7 Å². The van der Waals surface area contributed by atoms with E-state index in [1.54, 1.807) is 11.3 Å². The molecule has 7 heteroatoms. The summed E-state index contributed by atoms with van der Waals surface area (Å²) in [6.45, 7) is 16.8. The Balaban J connectivity index is 1.51. The van der Waals surface area contributed by atoms with E-state index in [2.05, 4.69) is 88.6 Å². The molecule has 0 aliphatic rings. The molecule has 4 aromatic heterocycles. The van der Waals surface area contributed by atoms with Gasteiger partial charge in [-0.1, -0.05) is 39.1 Å². The van der Waals surface area contributed by atoms with Gasteiger partial charge in [-0.3, -0.25) is 9.97 Å². The van der Waals surface area contributed by atoms with E-state index in [1.165, 1.54) is 0 Å². The molecule has 0 aliphatic heterocycles. The molecule has 0 unspecified atom stereocenters. The van der Waals surface area contributed by atoms with Crippen molar-refractivity contribution in [3.05, 3.63) is 103 Å². The zero-order valence-electron chi connectivity index (χ0n) is 22.6. The molecule has 6 nitrogen and oxygen atoms in total. The van der Waals surface area contributed by atoms with E-state index in [0.29, 0.717) is 5.82 Å². The van der Waals surface area contributed by atoms with Crippen molar-refractivity contribution in [3.8, 4) is 21.6 Å². The molecule has 0 saturated heterocycles. The van der Waals surface area contributed by atoms with Crippen molar-refractivity contribution < 1.29 is 0 Å². The Morgan fingerprint density at radius 3 is 2.54 bits per heavy atom. The molecule has 196 valence electrons. The van der Waals surface area contributed by atoms with E-state index in [1.807, 2.05) is 38.8 Å². The fourth-order valence-corrected chi connectivity index (χ4v) is 5.46. The lowest BCUT2D eigenvalue weighted by Gasteiger charge is -2.14. The van der Waals surface area contributed by atoms with Crippen molar-refractivity contribution in [2.24, 2.45) is 0 Å². The van der Waals surface area contributed by atoms with Crippen LogP contribution in [0.1, 0.15) is 43.0 Å². The summed E-state index contributed by atoms with van der Waals surface area (Å²) in [7, 11) is 1.91. The monoisotopic (exact) mass is 532 g/mol. The molecular formula is C32H32N6S. The van der Waals surface area contributed by atoms with Crippen LogP contribution in [0.25, 0.3) is 43.7 Å². The third-order valence-electron chi connectivity index (χ3n) is 6.53. The average molecular weight is 533 g/mol. The van der Waals surface area contributed by atoms with Gasteiger partial charge in [0.25, 0.3) is 0 Å². The van der Waals surface area contributed by atoms with Crippen LogP contribution in [0.2, 0.25) is 0 Å². The lowest BCUT2D eigenvalue weighted by Crippen LogP contribution is -1.99. The Kier molecular flexibility index (Phi) is 7.43. The van der Waals surface area contributed by atoms with Crippen LogP contribution >= 0.6 is 11.3 Å². The summed E-state index contributed by atoms with van der Waals surface area (Å²) in [5.74, 6) is 0.703. The zero-order chi connectivity index (χ0) is 27.5. The molecule has 0 bridgehead atoms. The Hall–Kier alpha value is -4.49. The highest BCUT2D eigenvalue weighted by Crippen LogP contribution is 2.37. The van der Waals surface area contributed by atoms with Crippen LogP contribution in [-0.4, -0.2) is 27.0 Å². The maximum absolute atomic E-state index is 4.99. The van der Waals surface area contributed by atoms with Crippen molar-refractivity contribution in [2.75, 3.05) is 17.7 Å². The minimum atomic E-state index is 0.703. The number of H-pyrrole nitrogens is 1. The van der Waals surface area contributed by atoms with E-state index in [4.69, 9.17) is 4.98 Å². The number of nitrogens with one attached hydrogen (secondary N) is 3. The molecule has 0 radical (unpaired) electrons. The van der Waals surface area contributed by atoms with E-state index in [-0.39, 0.29) is 0 Å². The first-order valence-corrected chi connectivity index (χ1v) is 13.7. The number of pyridine rings is 2. The molecule has 39 heavy (non-hydrogen) atoms. The number of aromatic amines is 1. The highest BCUT2D eigenvalue weighted by atomic mass is 32.1. The molecule has 5 aromatic rings. The van der Waals surface area contributed by atoms with Gasteiger partial charge in [0.05, 0.1) is 23.6 Å². The van der Waals surface area contributed by atoms with Crippen LogP contribution < -0.4 is 10.6 Å². The fraction of sp³-hybridized carbons (Fsp3) is 0.156. The van der Waals surface area contributed by atoms with Crippen molar-refractivity contribution in [3.63, 3.8) is 0 Å². The first kappa shape index (κ1) is 26.1. The molecule has 0 spiro atoms. The Morgan fingerprint density at radius 1 is 0.974 bits per heavy atom. The topological polar surface area (TPSA) is 78.5 Å². The van der Waals surface area contributed by atoms with Gasteiger partial charge in [-0.15, -0.1) is 11.3 Å². The first-order valence-electron chi connectivity index (χ1n) is 12.9. The van der Waals surface area contributed by atoms with Crippen LogP contribution in [0.4, 0.5) is 11.4 Å². The number of imidazole rings is 1. The Bertz CT molecular complexity index is 1710. The lowest BCUT2D eigenvalue weighted by molar-refractivity contribution is 0.913. The van der Waals surface area contributed by atoms with E-state index in [9.17, 15) is 0 Å². The Labute approximate surface area is 233 Å². The van der Waals surface area contributed by atoms with Gasteiger partial charge in [0.2, 0.25) is 0 Å². The van der Waals surface area contributed by atoms with Gasteiger partial charge >= 0.3 is 0 Å². The number of hydrogen-bond donors (Lipinski definition) is 3. The first-order chi connectivity index (χ1) is 18.9. The minimum Gasteiger partial charge on any atom is -0.388 e. The second kappa shape index (κ2) is 11.1. The standard InChI is InChI=1S/C32H32N6S/c1-7-8-20(4)36-24-13-23(15-34-16-24)22-9-10-27(33-6)25(14-22)21(5)32-37-28-18-35-17-26(31(28)38-32)30-12-11-29(39-30)19(2)3/h9-18,33,36H,2,4-5,7-8H2,1,3,6H3,(H,37,38). The van der Waals surface area contributed by atoms with Gasteiger partial charge < -0.3 is 15.6 Å². The van der Waals surface area contributed by atoms with Gasteiger partial charge in [0.15, 0.2) is 0 Å². The number of rotatable bonds is 10. The number of allylic oxidation sites excluding steroid dienone is 2. The number of thiophene rings is 1. The van der Waals surface area contributed by atoms with Gasteiger partial charge in [-0.05, 0) is 54.8 Å². The molecule has 5 rings (SSSR count). The van der Waals surface area contributed by atoms with Crippen molar-refractivity contribution in [1.29, 1.82) is 0 Å². The van der Waals surface area contributed by atoms with Crippen LogP contribution in [0.15, 0.2) is 86.6 Å². The highest BCUT2D eigenvalue weighted by Gasteiger charge is 2.17. The maximum atomic E-state index is 4.99. The smallest absolute Gasteiger partial charge is 0.138 e. The third kappa shape index (κ3) is 5.40. The molecule has 0 atom stereocenters. The SMILES string of the molecule is C=C(CCC)Nc1cncc(-c2ccc(NC)c(C(=C)c3nc4c(-c5ccc(C(=C)C)s5)cncc4[nH]3)c2)c1. The number of anilines is 2. The summed E-state index contributed by atoms with van der Waals surface area (Å²) in [5.41, 5.74) is 10.4. The van der Waals surface area contributed by atoms with Gasteiger partial charge in [0, 0.05) is 62.8 Å². The average Bonchev–Trinajstić information content (AvgIpc) is 3.60. The van der Waals surface area contributed by atoms with Gasteiger partial charge in [-0.25, -0.2) is 4.98 Å². The lowest BCUT2D eigenvalue weighted by atomic mass is 9.98. The van der Waals surface area contributed by atoms with Crippen molar-refractivity contribution >= 4 is 44.9 Å². The predicted molar refractivity (Wildman–Crippen MR) is 167 cm³/mol. The molecule has 4 heterocycles. The number of benzene rings is 1. The van der Waals surface area contributed by atoms with E-state index < -0.39 is 0 Å². The molecule has 1 aromatic carbocycles. The Morgan fingerprint density at radius 2 is 1.79 bits per heavy atom. The summed E-state index contributed by atoms with van der Waals surface area (Å²) in [4.78, 5) is 19.6. The number of fused-ring (bicyclic) bond motifs is 1. The second-order valence-electron chi connectivity index (χ2n) is 9.54. The molecule has 0 amide bonds. The highest BCUT2D eigenvalue weighted by molar-refractivity contribution is 7.16.